The maximum absolute atomic E-state index is 12.8. The molecule has 0 radical (unpaired) electrons. The molecule has 3 aromatic rings. The van der Waals surface area contributed by atoms with Gasteiger partial charge in [-0.05, 0) is 29.8 Å². The van der Waals surface area contributed by atoms with Crippen molar-refractivity contribution in [3.05, 3.63) is 72.1 Å². The van der Waals surface area contributed by atoms with Crippen molar-refractivity contribution in [2.75, 3.05) is 0 Å². The molecule has 1 aromatic carbocycles. The largest absolute Gasteiger partial charge is 0.350 e. The Hall–Kier alpha value is -3.09. The number of hydrogen-bond acceptors (Lipinski definition) is 4. The molecule has 6 nitrogen and oxygen atoms in total. The Kier molecular flexibility index (Phi) is 4.37. The number of nitrogens with zero attached hydrogens (tertiary/aromatic N) is 4. The molecule has 2 aromatic heterocycles. The Morgan fingerprint density at radius 3 is 2.61 bits per heavy atom. The van der Waals surface area contributed by atoms with Gasteiger partial charge >= 0.3 is 0 Å². The second-order valence-electron chi connectivity index (χ2n) is 4.94. The highest BCUT2D eigenvalue weighted by molar-refractivity contribution is 5.78. The van der Waals surface area contributed by atoms with Crippen LogP contribution in [-0.2, 0) is 17.8 Å². The molecular weight excluding hydrogens is 297 g/mol. The molecule has 0 aliphatic rings. The summed E-state index contributed by atoms with van der Waals surface area (Å²) in [5.74, 6) is -0.475. The summed E-state index contributed by atoms with van der Waals surface area (Å²) < 4.78 is 14.4. The molecule has 2 heterocycles. The molecular formula is C16H14FN5O. The van der Waals surface area contributed by atoms with E-state index < -0.39 is 0 Å². The van der Waals surface area contributed by atoms with Crippen LogP contribution in [-0.4, -0.2) is 25.9 Å². The van der Waals surface area contributed by atoms with Crippen molar-refractivity contribution in [1.82, 2.24) is 25.3 Å². The molecule has 0 fully saturated rings. The molecule has 0 atom stereocenters. The number of aromatic nitrogens is 4. The van der Waals surface area contributed by atoms with Gasteiger partial charge in [0.15, 0.2) is 0 Å². The van der Waals surface area contributed by atoms with Gasteiger partial charge in [-0.2, -0.15) is 0 Å². The zero-order chi connectivity index (χ0) is 16.1. The Bertz CT molecular complexity index is 786. The molecule has 0 spiro atoms. The number of rotatable bonds is 5. The summed E-state index contributed by atoms with van der Waals surface area (Å²) in [5, 5.41) is 10.8. The fourth-order valence-electron chi connectivity index (χ4n) is 2.04. The lowest BCUT2D eigenvalue weighted by molar-refractivity contribution is -0.120. The molecule has 0 aliphatic heterocycles. The minimum Gasteiger partial charge on any atom is -0.350 e. The third-order valence-electron chi connectivity index (χ3n) is 3.21. The van der Waals surface area contributed by atoms with E-state index in [1.165, 1.54) is 12.1 Å². The number of carbonyl (C=O) groups excluding carboxylic acids is 1. The number of amides is 1. The summed E-state index contributed by atoms with van der Waals surface area (Å²) in [6, 6.07) is 9.48. The summed E-state index contributed by atoms with van der Waals surface area (Å²) in [5.41, 5.74) is 2.25. The van der Waals surface area contributed by atoms with Gasteiger partial charge in [0.05, 0.1) is 24.8 Å². The van der Waals surface area contributed by atoms with Crippen LogP contribution < -0.4 is 5.32 Å². The number of hydrogen-bond donors (Lipinski definition) is 1. The van der Waals surface area contributed by atoms with E-state index in [9.17, 15) is 9.18 Å². The smallest absolute Gasteiger partial charge is 0.224 e. The maximum Gasteiger partial charge on any atom is 0.224 e. The van der Waals surface area contributed by atoms with E-state index >= 15 is 0 Å². The average molecular weight is 311 g/mol. The molecule has 1 N–H and O–H groups in total. The van der Waals surface area contributed by atoms with Crippen LogP contribution in [0.5, 0.6) is 0 Å². The van der Waals surface area contributed by atoms with E-state index in [-0.39, 0.29) is 24.7 Å². The van der Waals surface area contributed by atoms with Gasteiger partial charge in [0, 0.05) is 12.4 Å². The van der Waals surface area contributed by atoms with Gasteiger partial charge in [0.2, 0.25) is 5.91 Å². The lowest BCUT2D eigenvalue weighted by Crippen LogP contribution is -2.24. The van der Waals surface area contributed by atoms with Gasteiger partial charge < -0.3 is 5.32 Å². The molecule has 0 saturated heterocycles. The van der Waals surface area contributed by atoms with Gasteiger partial charge in [-0.3, -0.25) is 9.78 Å². The summed E-state index contributed by atoms with van der Waals surface area (Å²) in [6.45, 7) is 0.283. The van der Waals surface area contributed by atoms with E-state index in [0.717, 1.165) is 11.3 Å². The second-order valence-corrected chi connectivity index (χ2v) is 4.94. The quantitative estimate of drug-likeness (QED) is 0.778. The topological polar surface area (TPSA) is 72.7 Å². The van der Waals surface area contributed by atoms with E-state index in [1.807, 2.05) is 12.1 Å². The molecule has 0 aliphatic carbocycles. The number of pyridine rings is 1. The normalized spacial score (nSPS) is 10.5. The lowest BCUT2D eigenvalue weighted by Gasteiger charge is -2.03. The van der Waals surface area contributed by atoms with Crippen LogP contribution in [0.2, 0.25) is 0 Å². The highest BCUT2D eigenvalue weighted by atomic mass is 19.1. The average Bonchev–Trinajstić information content (AvgIpc) is 3.05. The van der Waals surface area contributed by atoms with Crippen LogP contribution >= 0.6 is 0 Å². The monoisotopic (exact) mass is 311 g/mol. The van der Waals surface area contributed by atoms with Crippen LogP contribution in [0.15, 0.2) is 55.0 Å². The summed E-state index contributed by atoms with van der Waals surface area (Å²) in [4.78, 5) is 15.8. The standard InChI is InChI=1S/C16H14FN5O/c17-13-3-1-12(2-4-13)9-16(23)19-10-14-11-22(21-20-14)15-5-7-18-8-6-15/h1-8,11H,9-10H2,(H,19,23). The predicted molar refractivity (Wildman–Crippen MR) is 81.1 cm³/mol. The third kappa shape index (κ3) is 3.97. The minimum atomic E-state index is -0.318. The lowest BCUT2D eigenvalue weighted by atomic mass is 10.1. The van der Waals surface area contributed by atoms with Gasteiger partial charge in [-0.25, -0.2) is 9.07 Å². The first-order valence-electron chi connectivity index (χ1n) is 7.03. The fourth-order valence-corrected chi connectivity index (χ4v) is 2.04. The van der Waals surface area contributed by atoms with E-state index in [0.29, 0.717) is 5.69 Å². The van der Waals surface area contributed by atoms with Crippen LogP contribution in [0.1, 0.15) is 11.3 Å². The van der Waals surface area contributed by atoms with Crippen molar-refractivity contribution < 1.29 is 9.18 Å². The summed E-state index contributed by atoms with van der Waals surface area (Å²) in [6.07, 6.45) is 5.27. The fraction of sp³-hybridized carbons (Fsp3) is 0.125. The number of carbonyl (C=O) groups is 1. The molecule has 116 valence electrons. The van der Waals surface area contributed by atoms with Crippen LogP contribution in [0.4, 0.5) is 4.39 Å². The first kappa shape index (κ1) is 14.8. The number of halogens is 1. The predicted octanol–water partition coefficient (Wildman–Crippen LogP) is 1.66. The van der Waals surface area contributed by atoms with Crippen molar-refractivity contribution in [2.24, 2.45) is 0 Å². The van der Waals surface area contributed by atoms with Crippen molar-refractivity contribution >= 4 is 5.91 Å². The first-order valence-corrected chi connectivity index (χ1v) is 7.03. The number of nitrogens with one attached hydrogen (secondary N) is 1. The molecule has 0 bridgehead atoms. The molecule has 3 rings (SSSR count). The van der Waals surface area contributed by atoms with Crippen LogP contribution in [0.25, 0.3) is 5.69 Å². The Morgan fingerprint density at radius 2 is 1.87 bits per heavy atom. The highest BCUT2D eigenvalue weighted by Gasteiger charge is 2.06. The maximum atomic E-state index is 12.8. The zero-order valence-electron chi connectivity index (χ0n) is 12.2. The minimum absolute atomic E-state index is 0.157. The molecule has 0 saturated carbocycles. The Labute approximate surface area is 132 Å². The number of benzene rings is 1. The first-order chi connectivity index (χ1) is 11.2. The van der Waals surface area contributed by atoms with Crippen LogP contribution in [0, 0.1) is 5.82 Å². The van der Waals surface area contributed by atoms with Gasteiger partial charge in [0.25, 0.3) is 0 Å². The van der Waals surface area contributed by atoms with Crippen molar-refractivity contribution in [3.8, 4) is 5.69 Å². The van der Waals surface area contributed by atoms with Crippen molar-refractivity contribution in [2.45, 2.75) is 13.0 Å². The Balaban J connectivity index is 1.55. The van der Waals surface area contributed by atoms with E-state index in [1.54, 1.807) is 35.4 Å². The Morgan fingerprint density at radius 1 is 1.13 bits per heavy atom. The molecule has 1 amide bonds. The van der Waals surface area contributed by atoms with Gasteiger partial charge in [0.1, 0.15) is 11.5 Å². The van der Waals surface area contributed by atoms with Crippen molar-refractivity contribution in [3.63, 3.8) is 0 Å². The summed E-state index contributed by atoms with van der Waals surface area (Å²) in [7, 11) is 0. The highest BCUT2D eigenvalue weighted by Crippen LogP contribution is 2.05. The second kappa shape index (κ2) is 6.78. The van der Waals surface area contributed by atoms with Crippen molar-refractivity contribution in [1.29, 1.82) is 0 Å². The third-order valence-corrected chi connectivity index (χ3v) is 3.21. The van der Waals surface area contributed by atoms with E-state index in [4.69, 9.17) is 0 Å². The van der Waals surface area contributed by atoms with Gasteiger partial charge in [-0.15, -0.1) is 5.10 Å². The van der Waals surface area contributed by atoms with Crippen LogP contribution in [0.3, 0.4) is 0 Å². The molecule has 7 heteroatoms. The SMILES string of the molecule is O=C(Cc1ccc(F)cc1)NCc1cn(-c2ccncc2)nn1. The van der Waals surface area contributed by atoms with E-state index in [2.05, 4.69) is 20.6 Å². The zero-order valence-corrected chi connectivity index (χ0v) is 12.2. The van der Waals surface area contributed by atoms with Gasteiger partial charge in [-0.1, -0.05) is 17.3 Å². The summed E-state index contributed by atoms with van der Waals surface area (Å²) >= 11 is 0. The molecule has 0 unspecified atom stereocenters. The molecule has 23 heavy (non-hydrogen) atoms.